The van der Waals surface area contributed by atoms with Crippen molar-refractivity contribution in [3.63, 3.8) is 0 Å². The monoisotopic (exact) mass is 263 g/mol. The number of carboxylic acid groups (broad SMARTS) is 1. The summed E-state index contributed by atoms with van der Waals surface area (Å²) in [6.07, 6.45) is -4.24. The third kappa shape index (κ3) is 4.11. The molecule has 1 aromatic rings. The summed E-state index contributed by atoms with van der Waals surface area (Å²) < 4.78 is 36.4. The molecular weight excluding hydrogens is 251 g/mol. The molecule has 100 valence electrons. The summed E-state index contributed by atoms with van der Waals surface area (Å²) in [5.74, 6) is -1.44. The number of rotatable bonds is 4. The van der Waals surface area contributed by atoms with E-state index in [0.717, 1.165) is 6.07 Å². The van der Waals surface area contributed by atoms with Gasteiger partial charge in [0.15, 0.2) is 0 Å². The van der Waals surface area contributed by atoms with E-state index >= 15 is 0 Å². The van der Waals surface area contributed by atoms with Crippen LogP contribution < -0.4 is 11.1 Å². The van der Waals surface area contributed by atoms with E-state index in [4.69, 9.17) is 10.8 Å². The first-order valence-corrected chi connectivity index (χ1v) is 5.01. The van der Waals surface area contributed by atoms with Crippen molar-refractivity contribution in [1.82, 2.24) is 4.98 Å². The molecule has 0 aliphatic carbocycles. The summed E-state index contributed by atoms with van der Waals surface area (Å²) in [6.45, 7) is 1.29. The first kappa shape index (κ1) is 14.1. The van der Waals surface area contributed by atoms with E-state index in [1.807, 2.05) is 0 Å². The SMILES string of the molecule is CC(CC(F)(F)F)Nc1ncc(N)cc1C(=O)O. The topological polar surface area (TPSA) is 88.2 Å². The number of nitrogens with two attached hydrogens (primary N) is 1. The number of nitrogen functional groups attached to an aromatic ring is 1. The smallest absolute Gasteiger partial charge is 0.391 e. The zero-order valence-electron chi connectivity index (χ0n) is 9.45. The van der Waals surface area contributed by atoms with Crippen LogP contribution in [0.2, 0.25) is 0 Å². The van der Waals surface area contributed by atoms with Crippen LogP contribution in [0.5, 0.6) is 0 Å². The van der Waals surface area contributed by atoms with Crippen molar-refractivity contribution in [2.75, 3.05) is 11.1 Å². The minimum Gasteiger partial charge on any atom is -0.478 e. The van der Waals surface area contributed by atoms with E-state index < -0.39 is 24.6 Å². The lowest BCUT2D eigenvalue weighted by molar-refractivity contribution is -0.136. The van der Waals surface area contributed by atoms with Crippen LogP contribution in [0, 0.1) is 0 Å². The Morgan fingerprint density at radius 1 is 1.61 bits per heavy atom. The molecule has 1 aromatic heterocycles. The summed E-state index contributed by atoms with van der Waals surface area (Å²) in [4.78, 5) is 14.6. The lowest BCUT2D eigenvalue weighted by Gasteiger charge is -2.17. The average molecular weight is 263 g/mol. The fraction of sp³-hybridized carbons (Fsp3) is 0.400. The number of carbonyl (C=O) groups is 1. The molecule has 1 atom stereocenters. The predicted molar refractivity (Wildman–Crippen MR) is 59.4 cm³/mol. The number of aromatic nitrogens is 1. The number of alkyl halides is 3. The van der Waals surface area contributed by atoms with Gasteiger partial charge in [0.1, 0.15) is 11.4 Å². The molecule has 0 aliphatic heterocycles. The Bertz CT molecular complexity index is 448. The number of anilines is 2. The highest BCUT2D eigenvalue weighted by Gasteiger charge is 2.30. The summed E-state index contributed by atoms with van der Waals surface area (Å²) in [7, 11) is 0. The van der Waals surface area contributed by atoms with Gasteiger partial charge in [-0.3, -0.25) is 0 Å². The molecule has 1 unspecified atom stereocenters. The second kappa shape index (κ2) is 5.11. The van der Waals surface area contributed by atoms with E-state index in [0.29, 0.717) is 0 Å². The van der Waals surface area contributed by atoms with Gasteiger partial charge >= 0.3 is 12.1 Å². The van der Waals surface area contributed by atoms with E-state index in [9.17, 15) is 18.0 Å². The first-order chi connectivity index (χ1) is 8.19. The Hall–Kier alpha value is -1.99. The summed E-state index contributed by atoms with van der Waals surface area (Å²) >= 11 is 0. The molecule has 1 heterocycles. The van der Waals surface area contributed by atoms with Crippen LogP contribution in [-0.2, 0) is 0 Å². The molecule has 18 heavy (non-hydrogen) atoms. The van der Waals surface area contributed by atoms with E-state index in [1.54, 1.807) is 0 Å². The van der Waals surface area contributed by atoms with E-state index in [2.05, 4.69) is 10.3 Å². The predicted octanol–water partition coefficient (Wildman–Crippen LogP) is 2.11. The Labute approximate surface area is 101 Å². The fourth-order valence-corrected chi connectivity index (χ4v) is 1.39. The second-order valence-electron chi connectivity index (χ2n) is 3.83. The first-order valence-electron chi connectivity index (χ1n) is 5.01. The van der Waals surface area contributed by atoms with Gasteiger partial charge in [-0.15, -0.1) is 0 Å². The number of carboxylic acids is 1. The third-order valence-electron chi connectivity index (χ3n) is 2.06. The normalized spacial score (nSPS) is 13.1. The number of pyridine rings is 1. The quantitative estimate of drug-likeness (QED) is 0.774. The summed E-state index contributed by atoms with van der Waals surface area (Å²) in [5, 5.41) is 11.3. The largest absolute Gasteiger partial charge is 0.478 e. The van der Waals surface area contributed by atoms with Crippen molar-refractivity contribution in [3.05, 3.63) is 17.8 Å². The highest BCUT2D eigenvalue weighted by Crippen LogP contribution is 2.24. The standard InChI is InChI=1S/C10H12F3N3O2/c1-5(3-10(11,12)13)16-8-7(9(17)18)2-6(14)4-15-8/h2,4-5H,3,14H2,1H3,(H,15,16)(H,17,18). The van der Waals surface area contributed by atoms with Crippen molar-refractivity contribution < 1.29 is 23.1 Å². The van der Waals surface area contributed by atoms with Crippen LogP contribution in [0.4, 0.5) is 24.7 Å². The minimum atomic E-state index is -4.33. The maximum absolute atomic E-state index is 12.1. The zero-order chi connectivity index (χ0) is 13.9. The van der Waals surface area contributed by atoms with Gasteiger partial charge in [0.2, 0.25) is 0 Å². The molecule has 0 radical (unpaired) electrons. The highest BCUT2D eigenvalue weighted by molar-refractivity contribution is 5.94. The Morgan fingerprint density at radius 2 is 2.22 bits per heavy atom. The molecule has 0 spiro atoms. The Balaban J connectivity index is 2.87. The molecule has 4 N–H and O–H groups in total. The molecule has 0 bridgehead atoms. The number of nitrogens with zero attached hydrogens (tertiary/aromatic N) is 1. The van der Waals surface area contributed by atoms with Crippen LogP contribution in [0.3, 0.4) is 0 Å². The number of aromatic carboxylic acids is 1. The van der Waals surface area contributed by atoms with Crippen molar-refractivity contribution in [2.45, 2.75) is 25.6 Å². The molecule has 1 rings (SSSR count). The number of hydrogen-bond acceptors (Lipinski definition) is 4. The van der Waals surface area contributed by atoms with Gasteiger partial charge in [0.25, 0.3) is 0 Å². The van der Waals surface area contributed by atoms with Gasteiger partial charge in [-0.25, -0.2) is 9.78 Å². The summed E-state index contributed by atoms with van der Waals surface area (Å²) in [5.41, 5.74) is 5.23. The number of hydrogen-bond donors (Lipinski definition) is 3. The van der Waals surface area contributed by atoms with Crippen LogP contribution in [0.1, 0.15) is 23.7 Å². The molecule has 8 heteroatoms. The van der Waals surface area contributed by atoms with Crippen molar-refractivity contribution in [1.29, 1.82) is 0 Å². The molecule has 0 saturated heterocycles. The summed E-state index contributed by atoms with van der Waals surface area (Å²) in [6, 6.07) is 0.150. The van der Waals surface area contributed by atoms with Crippen LogP contribution in [0.15, 0.2) is 12.3 Å². The van der Waals surface area contributed by atoms with Gasteiger partial charge < -0.3 is 16.2 Å². The van der Waals surface area contributed by atoms with Crippen LogP contribution in [0.25, 0.3) is 0 Å². The van der Waals surface area contributed by atoms with Crippen LogP contribution in [-0.4, -0.2) is 28.3 Å². The maximum atomic E-state index is 12.1. The molecule has 0 amide bonds. The van der Waals surface area contributed by atoms with Crippen LogP contribution >= 0.6 is 0 Å². The number of halogens is 3. The molecule has 0 saturated carbocycles. The van der Waals surface area contributed by atoms with Gasteiger partial charge in [0, 0.05) is 6.04 Å². The maximum Gasteiger partial charge on any atom is 0.391 e. The molecule has 5 nitrogen and oxygen atoms in total. The number of nitrogens with one attached hydrogen (secondary N) is 1. The Kier molecular flexibility index (Phi) is 4.00. The third-order valence-corrected chi connectivity index (χ3v) is 2.06. The molecular formula is C10H12F3N3O2. The van der Waals surface area contributed by atoms with E-state index in [1.165, 1.54) is 13.1 Å². The van der Waals surface area contributed by atoms with Gasteiger partial charge in [-0.1, -0.05) is 0 Å². The van der Waals surface area contributed by atoms with Crippen molar-refractivity contribution >= 4 is 17.5 Å². The van der Waals surface area contributed by atoms with Crippen molar-refractivity contribution in [3.8, 4) is 0 Å². The second-order valence-corrected chi connectivity index (χ2v) is 3.83. The average Bonchev–Trinajstić information content (AvgIpc) is 2.17. The molecule has 0 fully saturated rings. The Morgan fingerprint density at radius 3 is 2.72 bits per heavy atom. The lowest BCUT2D eigenvalue weighted by Crippen LogP contribution is -2.25. The zero-order valence-corrected chi connectivity index (χ0v) is 9.45. The minimum absolute atomic E-state index is 0.126. The fourth-order valence-electron chi connectivity index (χ4n) is 1.39. The highest BCUT2D eigenvalue weighted by atomic mass is 19.4. The molecule has 0 aliphatic rings. The van der Waals surface area contributed by atoms with Crippen molar-refractivity contribution in [2.24, 2.45) is 0 Å². The lowest BCUT2D eigenvalue weighted by atomic mass is 10.2. The van der Waals surface area contributed by atoms with Gasteiger partial charge in [-0.2, -0.15) is 13.2 Å². The van der Waals surface area contributed by atoms with E-state index in [-0.39, 0.29) is 17.1 Å². The van der Waals surface area contributed by atoms with Gasteiger partial charge in [0.05, 0.1) is 18.3 Å². The van der Waals surface area contributed by atoms with Gasteiger partial charge in [-0.05, 0) is 13.0 Å². The molecule has 0 aromatic carbocycles.